The van der Waals surface area contributed by atoms with Gasteiger partial charge in [-0.1, -0.05) is 41.4 Å². The number of carbonyl (C=O) groups excluding carboxylic acids is 2. The molecule has 4 aromatic carbocycles. The summed E-state index contributed by atoms with van der Waals surface area (Å²) in [6.45, 7) is -0.277. The maximum absolute atomic E-state index is 15.6. The third-order valence-electron chi connectivity index (χ3n) is 12.7. The number of nitrogens with one attached hydrogen (secondary N) is 1. The molecule has 2 fully saturated rings. The molecular weight excluding hydrogens is 949 g/mol. The Morgan fingerprint density at radius 1 is 0.877 bits per heavy atom. The molecule has 20 heteroatoms. The third kappa shape index (κ3) is 6.71. The molecule has 6 aromatic rings. The van der Waals surface area contributed by atoms with Crippen LogP contribution < -0.4 is 41.3 Å². The minimum atomic E-state index is -1.69. The van der Waals surface area contributed by atoms with Gasteiger partial charge >= 0.3 is 11.4 Å². The second-order valence-electron chi connectivity index (χ2n) is 15.8. The van der Waals surface area contributed by atoms with Gasteiger partial charge in [-0.3, -0.25) is 19.8 Å². The van der Waals surface area contributed by atoms with Gasteiger partial charge in [0.15, 0.2) is 23.0 Å². The molecule has 0 bridgehead atoms. The summed E-state index contributed by atoms with van der Waals surface area (Å²) in [7, 11) is 7.47. The Hall–Kier alpha value is -6.50. The minimum absolute atomic E-state index is 0.0743. The summed E-state index contributed by atoms with van der Waals surface area (Å²) in [4.78, 5) is 78.0. The quantitative estimate of drug-likeness (QED) is 0.119. The number of phenols is 1. The van der Waals surface area contributed by atoms with Crippen molar-refractivity contribution in [3.8, 4) is 28.7 Å². The number of methoxy groups -OCH3 is 4. The van der Waals surface area contributed by atoms with Crippen molar-refractivity contribution in [3.05, 3.63) is 141 Å². The number of aromatic nitrogens is 5. The lowest BCUT2D eigenvalue weighted by Gasteiger charge is -2.49. The summed E-state index contributed by atoms with van der Waals surface area (Å²) >= 11 is 16.3. The molecule has 17 nitrogen and oxygen atoms in total. The van der Waals surface area contributed by atoms with E-state index in [4.69, 9.17) is 42.1 Å². The number of benzene rings is 4. The first-order chi connectivity index (χ1) is 31.2. The average molecular weight is 990 g/mol. The van der Waals surface area contributed by atoms with E-state index in [0.717, 1.165) is 9.58 Å². The van der Waals surface area contributed by atoms with Gasteiger partial charge in [0.1, 0.15) is 11.4 Å². The van der Waals surface area contributed by atoms with Gasteiger partial charge in [-0.2, -0.15) is 5.01 Å². The van der Waals surface area contributed by atoms with E-state index in [0.29, 0.717) is 50.0 Å². The Labute approximate surface area is 388 Å². The highest BCUT2D eigenvalue weighted by atomic mass is 79.9. The van der Waals surface area contributed by atoms with Gasteiger partial charge in [0.25, 0.3) is 17.4 Å². The van der Waals surface area contributed by atoms with E-state index in [2.05, 4.69) is 26.3 Å². The third-order valence-corrected chi connectivity index (χ3v) is 13.9. The standard InChI is InChI=1S/C45H40BrCl2N7O10/c1-51-34-21-36(64-4)35(63-3)20-32(34)49-31(41(51)58)13-14-52-43(60)53-15-12-26-33(55(53)44(52)61)19-27-40(57)54(50-30-11-8-24(47)18-29(30)48)42(59)45(27,23-6-9-25(62-2)10-7-23)38(26)22-16-28(46)39(56)37(17-22)65-5/h6-12,16-18,20-21,27,33,38,50,56H,13-15,19H2,1-5H3/t27-,33+,38-,45+/m0/s1. The molecular formula is C45H40BrCl2N7O10. The maximum atomic E-state index is 15.6. The largest absolute Gasteiger partial charge is 0.503 e. The highest BCUT2D eigenvalue weighted by Gasteiger charge is 2.69. The number of allylic oxidation sites excluding steroid dienone is 2. The first kappa shape index (κ1) is 43.7. The maximum Gasteiger partial charge on any atom is 0.347 e. The van der Waals surface area contributed by atoms with Crippen LogP contribution in [0.5, 0.6) is 28.7 Å². The molecule has 1 saturated heterocycles. The lowest BCUT2D eigenvalue weighted by Crippen LogP contribution is -2.53. The number of rotatable bonds is 11. The second kappa shape index (κ2) is 16.5. The SMILES string of the molecule is COc1ccc([C@@]23C(=O)N(Nc4ccc(Cl)cc4Cl)C(=O)[C@@H]2C[C@@H]2C(=CCn4c(=O)n(CCc5nc6cc(OC)c(OC)cc6n(C)c5=O)c(=O)n42)[C@@H]3c2cc(Br)c(O)c(OC)c2)cc1. The number of aryl methyl sites for hydroxylation is 2. The van der Waals surface area contributed by atoms with Gasteiger partial charge in [0.05, 0.1) is 78.6 Å². The Morgan fingerprint density at radius 2 is 1.58 bits per heavy atom. The Morgan fingerprint density at radius 3 is 2.26 bits per heavy atom. The number of hydrazine groups is 1. The topological polar surface area (TPSA) is 190 Å². The summed E-state index contributed by atoms with van der Waals surface area (Å²) in [5.41, 5.74) is 2.31. The number of hydrogen-bond donors (Lipinski definition) is 2. The molecule has 0 spiro atoms. The van der Waals surface area contributed by atoms with Crippen LogP contribution in [0.2, 0.25) is 10.0 Å². The van der Waals surface area contributed by atoms with Crippen LogP contribution >= 0.6 is 39.1 Å². The minimum Gasteiger partial charge on any atom is -0.503 e. The molecule has 1 aliphatic carbocycles. The fraction of sp³-hybridized carbons (Fsp3) is 0.289. The van der Waals surface area contributed by atoms with Crippen LogP contribution in [0.25, 0.3) is 11.0 Å². The van der Waals surface area contributed by atoms with E-state index < -0.39 is 52.0 Å². The van der Waals surface area contributed by atoms with Crippen molar-refractivity contribution < 1.29 is 33.6 Å². The van der Waals surface area contributed by atoms with Crippen molar-refractivity contribution in [1.29, 1.82) is 0 Å². The highest BCUT2D eigenvalue weighted by molar-refractivity contribution is 9.10. The van der Waals surface area contributed by atoms with Crippen molar-refractivity contribution >= 4 is 67.7 Å². The number of imide groups is 1. The predicted octanol–water partition coefficient (Wildman–Crippen LogP) is 5.73. The molecule has 4 atom stereocenters. The fourth-order valence-electron chi connectivity index (χ4n) is 9.73. The fourth-order valence-corrected chi connectivity index (χ4v) is 10.6. The lowest BCUT2D eigenvalue weighted by molar-refractivity contribution is -0.138. The number of ether oxygens (including phenoxy) is 4. The van der Waals surface area contributed by atoms with Crippen LogP contribution in [-0.4, -0.2) is 73.9 Å². The molecule has 0 radical (unpaired) electrons. The molecule has 1 saturated carbocycles. The molecule has 65 heavy (non-hydrogen) atoms. The van der Waals surface area contributed by atoms with Gasteiger partial charge in [-0.25, -0.2) is 28.5 Å². The molecule has 4 heterocycles. The number of nitrogens with zero attached hydrogens (tertiary/aromatic N) is 6. The van der Waals surface area contributed by atoms with E-state index >= 15 is 9.59 Å². The summed E-state index contributed by atoms with van der Waals surface area (Å²) < 4.78 is 27.3. The summed E-state index contributed by atoms with van der Waals surface area (Å²) in [6, 6.07) is 17.1. The zero-order valence-electron chi connectivity index (χ0n) is 35.4. The van der Waals surface area contributed by atoms with Gasteiger partial charge in [0, 0.05) is 43.1 Å². The number of fused-ring (bicyclic) bond motifs is 5. The van der Waals surface area contributed by atoms with E-state index in [9.17, 15) is 19.5 Å². The van der Waals surface area contributed by atoms with E-state index in [1.807, 2.05) is 0 Å². The van der Waals surface area contributed by atoms with Crippen LogP contribution in [0.4, 0.5) is 5.69 Å². The van der Waals surface area contributed by atoms with Gasteiger partial charge < -0.3 is 28.6 Å². The second-order valence-corrected chi connectivity index (χ2v) is 17.5. The molecule has 2 aromatic heterocycles. The van der Waals surface area contributed by atoms with E-state index in [-0.39, 0.29) is 58.3 Å². The van der Waals surface area contributed by atoms with E-state index in [1.54, 1.807) is 73.8 Å². The summed E-state index contributed by atoms with van der Waals surface area (Å²) in [5.74, 6) is -2.19. The number of hydrogen-bond acceptors (Lipinski definition) is 12. The highest BCUT2D eigenvalue weighted by Crippen LogP contribution is 2.62. The number of halogens is 3. The van der Waals surface area contributed by atoms with Crippen LogP contribution in [0, 0.1) is 5.92 Å². The van der Waals surface area contributed by atoms with Crippen molar-refractivity contribution in [2.75, 3.05) is 33.9 Å². The molecule has 3 aliphatic rings. The van der Waals surface area contributed by atoms with Crippen LogP contribution in [0.15, 0.2) is 97.2 Å². The van der Waals surface area contributed by atoms with Crippen LogP contribution in [0.3, 0.4) is 0 Å². The monoisotopic (exact) mass is 987 g/mol. The van der Waals surface area contributed by atoms with Gasteiger partial charge in [-0.05, 0) is 81.5 Å². The Bertz CT molecular complexity index is 3200. The van der Waals surface area contributed by atoms with Gasteiger partial charge in [0.2, 0.25) is 0 Å². The first-order valence-electron chi connectivity index (χ1n) is 20.2. The van der Waals surface area contributed by atoms with Crippen molar-refractivity contribution in [3.63, 3.8) is 0 Å². The van der Waals surface area contributed by atoms with Crippen LogP contribution in [-0.2, 0) is 41.6 Å². The number of aromatic hydroxyl groups is 1. The Balaban J connectivity index is 1.20. The number of carbonyl (C=O) groups is 2. The van der Waals surface area contributed by atoms with Gasteiger partial charge in [-0.15, -0.1) is 0 Å². The predicted molar refractivity (Wildman–Crippen MR) is 244 cm³/mol. The zero-order chi connectivity index (χ0) is 46.2. The van der Waals surface area contributed by atoms with Crippen molar-refractivity contribution in [2.45, 2.75) is 43.3 Å². The molecule has 336 valence electrons. The molecule has 9 rings (SSSR count). The van der Waals surface area contributed by atoms with E-state index in [1.165, 1.54) is 48.4 Å². The smallest absolute Gasteiger partial charge is 0.347 e. The summed E-state index contributed by atoms with van der Waals surface area (Å²) in [5, 5.41) is 12.4. The number of phenolic OH excluding ortho intramolecular Hbond substituents is 1. The lowest BCUT2D eigenvalue weighted by atomic mass is 9.53. The average Bonchev–Trinajstić information content (AvgIpc) is 3.68. The summed E-state index contributed by atoms with van der Waals surface area (Å²) in [6.07, 6.45) is 1.64. The van der Waals surface area contributed by atoms with Crippen LogP contribution in [0.1, 0.15) is 35.2 Å². The normalized spacial score (nSPS) is 20.0. The molecule has 2 aliphatic heterocycles. The van der Waals surface area contributed by atoms with Crippen molar-refractivity contribution in [2.24, 2.45) is 13.0 Å². The Kier molecular flexibility index (Phi) is 11.1. The first-order valence-corrected chi connectivity index (χ1v) is 21.8. The molecule has 2 amide bonds. The molecule has 2 N–H and O–H groups in total. The molecule has 0 unspecified atom stereocenters. The number of anilines is 1. The zero-order valence-corrected chi connectivity index (χ0v) is 38.5. The van der Waals surface area contributed by atoms with Crippen molar-refractivity contribution in [1.82, 2.24) is 28.5 Å². The number of amides is 2.